The van der Waals surface area contributed by atoms with Gasteiger partial charge < -0.3 is 20.0 Å². The normalized spacial score (nSPS) is 19.4. The third-order valence-corrected chi connectivity index (χ3v) is 5.57. The average molecular weight is 371 g/mol. The van der Waals surface area contributed by atoms with Crippen molar-refractivity contribution in [3.8, 4) is 6.07 Å². The first kappa shape index (κ1) is 19.4. The van der Waals surface area contributed by atoms with Crippen molar-refractivity contribution in [2.45, 2.75) is 26.2 Å². The number of nitriles is 1. The molecule has 1 aromatic heterocycles. The molecule has 2 aliphatic rings. The van der Waals surface area contributed by atoms with Gasteiger partial charge in [0.25, 0.3) is 0 Å². The van der Waals surface area contributed by atoms with Crippen LogP contribution in [0.5, 0.6) is 0 Å². The number of nitrogens with one attached hydrogen (secondary N) is 1. The number of pyridine rings is 1. The van der Waals surface area contributed by atoms with Gasteiger partial charge in [-0.2, -0.15) is 5.26 Å². The van der Waals surface area contributed by atoms with Gasteiger partial charge in [0.15, 0.2) is 0 Å². The third-order valence-electron chi connectivity index (χ3n) is 5.57. The Morgan fingerprint density at radius 2 is 2.07 bits per heavy atom. The molecule has 0 atom stereocenters. The summed E-state index contributed by atoms with van der Waals surface area (Å²) in [5.41, 5.74) is 0.589. The van der Waals surface area contributed by atoms with Crippen LogP contribution >= 0.6 is 0 Å². The summed E-state index contributed by atoms with van der Waals surface area (Å²) in [6.07, 6.45) is 5.11. The van der Waals surface area contributed by atoms with Crippen molar-refractivity contribution >= 4 is 11.8 Å². The van der Waals surface area contributed by atoms with E-state index in [4.69, 9.17) is 0 Å². The van der Waals surface area contributed by atoms with E-state index in [0.717, 1.165) is 50.9 Å². The Labute approximate surface area is 161 Å². The van der Waals surface area contributed by atoms with Crippen molar-refractivity contribution in [1.82, 2.24) is 20.1 Å². The summed E-state index contributed by atoms with van der Waals surface area (Å²) in [5, 5.41) is 12.4. The molecule has 3 heterocycles. The van der Waals surface area contributed by atoms with E-state index < -0.39 is 0 Å². The van der Waals surface area contributed by atoms with Crippen molar-refractivity contribution in [3.05, 3.63) is 23.9 Å². The number of likely N-dealkylation sites (tertiary alicyclic amines) is 1. The molecule has 0 radical (unpaired) electrons. The van der Waals surface area contributed by atoms with Gasteiger partial charge >= 0.3 is 6.03 Å². The highest BCUT2D eigenvalue weighted by Crippen LogP contribution is 2.18. The molecule has 0 bridgehead atoms. The maximum Gasteiger partial charge on any atom is 0.317 e. The number of aromatic nitrogens is 1. The van der Waals surface area contributed by atoms with Crippen LogP contribution in [-0.2, 0) is 0 Å². The smallest absolute Gasteiger partial charge is 0.317 e. The highest BCUT2D eigenvalue weighted by atomic mass is 16.2. The number of hydrogen-bond acceptors (Lipinski definition) is 5. The zero-order valence-corrected chi connectivity index (χ0v) is 16.2. The van der Waals surface area contributed by atoms with E-state index in [1.54, 1.807) is 18.3 Å². The second kappa shape index (κ2) is 9.56. The number of hydrogen-bond donors (Lipinski definition) is 1. The minimum absolute atomic E-state index is 0.0174. The van der Waals surface area contributed by atoms with Crippen LogP contribution in [0.1, 0.15) is 31.7 Å². The molecule has 1 aromatic rings. The van der Waals surface area contributed by atoms with Gasteiger partial charge in [0.1, 0.15) is 11.9 Å². The Morgan fingerprint density at radius 1 is 1.26 bits per heavy atom. The van der Waals surface area contributed by atoms with Gasteiger partial charge in [-0.15, -0.1) is 0 Å². The van der Waals surface area contributed by atoms with E-state index in [-0.39, 0.29) is 6.03 Å². The molecule has 27 heavy (non-hydrogen) atoms. The van der Waals surface area contributed by atoms with E-state index in [0.29, 0.717) is 25.2 Å². The van der Waals surface area contributed by atoms with Crippen LogP contribution in [-0.4, -0.2) is 73.2 Å². The standard InChI is InChI=1S/C20H30N6O/c1-17-5-11-24(12-6-17)13-8-23-20(27)26-10-3-9-25(14-15-26)19-18(16-21)4-2-7-22-19/h2,4,7,17H,3,5-6,8-15H2,1H3,(H,23,27). The first-order chi connectivity index (χ1) is 13.2. The van der Waals surface area contributed by atoms with Gasteiger partial charge in [-0.25, -0.2) is 9.78 Å². The van der Waals surface area contributed by atoms with E-state index in [9.17, 15) is 10.1 Å². The molecule has 2 saturated heterocycles. The Bertz CT molecular complexity index is 665. The number of amides is 2. The molecule has 3 rings (SSSR count). The molecule has 0 aliphatic carbocycles. The lowest BCUT2D eigenvalue weighted by molar-refractivity contribution is 0.182. The molecule has 146 valence electrons. The van der Waals surface area contributed by atoms with Crippen molar-refractivity contribution < 1.29 is 4.79 Å². The lowest BCUT2D eigenvalue weighted by Gasteiger charge is -2.30. The van der Waals surface area contributed by atoms with Crippen LogP contribution in [0.15, 0.2) is 18.3 Å². The van der Waals surface area contributed by atoms with Crippen LogP contribution in [0, 0.1) is 17.2 Å². The first-order valence-electron chi connectivity index (χ1n) is 10.0. The van der Waals surface area contributed by atoms with Crippen LogP contribution < -0.4 is 10.2 Å². The summed E-state index contributed by atoms with van der Waals surface area (Å²) < 4.78 is 0. The Kier molecular flexibility index (Phi) is 6.88. The van der Waals surface area contributed by atoms with E-state index in [2.05, 4.69) is 33.1 Å². The molecule has 2 fully saturated rings. The number of carbonyl (C=O) groups is 1. The van der Waals surface area contributed by atoms with Gasteiger partial charge in [-0.3, -0.25) is 0 Å². The van der Waals surface area contributed by atoms with Gasteiger partial charge in [0, 0.05) is 45.5 Å². The molecule has 7 heteroatoms. The van der Waals surface area contributed by atoms with Crippen LogP contribution in [0.3, 0.4) is 0 Å². The molecule has 0 aromatic carbocycles. The second-order valence-corrected chi connectivity index (χ2v) is 7.57. The lowest BCUT2D eigenvalue weighted by Crippen LogP contribution is -2.45. The molecule has 0 spiro atoms. The zero-order valence-electron chi connectivity index (χ0n) is 16.2. The molecule has 0 unspecified atom stereocenters. The summed E-state index contributed by atoms with van der Waals surface area (Å²) in [4.78, 5) is 23.3. The van der Waals surface area contributed by atoms with Gasteiger partial charge in [0.2, 0.25) is 0 Å². The minimum Gasteiger partial charge on any atom is -0.354 e. The van der Waals surface area contributed by atoms with E-state index in [1.807, 2.05) is 4.90 Å². The monoisotopic (exact) mass is 370 g/mol. The molecule has 2 amide bonds. The van der Waals surface area contributed by atoms with Crippen molar-refractivity contribution in [1.29, 1.82) is 5.26 Å². The predicted molar refractivity (Wildman–Crippen MR) is 106 cm³/mol. The average Bonchev–Trinajstić information content (AvgIpc) is 2.95. The van der Waals surface area contributed by atoms with Crippen LogP contribution in [0.25, 0.3) is 0 Å². The fourth-order valence-electron chi connectivity index (χ4n) is 3.79. The third kappa shape index (κ3) is 5.33. The summed E-state index contributed by atoms with van der Waals surface area (Å²) in [5.74, 6) is 1.55. The zero-order chi connectivity index (χ0) is 19.1. The Balaban J connectivity index is 1.45. The highest BCUT2D eigenvalue weighted by molar-refractivity contribution is 5.74. The second-order valence-electron chi connectivity index (χ2n) is 7.57. The molecule has 0 saturated carbocycles. The lowest BCUT2D eigenvalue weighted by atomic mass is 9.99. The fraction of sp³-hybridized carbons (Fsp3) is 0.650. The Morgan fingerprint density at radius 3 is 2.85 bits per heavy atom. The molecule has 1 N–H and O–H groups in total. The predicted octanol–water partition coefficient (Wildman–Crippen LogP) is 1.91. The van der Waals surface area contributed by atoms with Gasteiger partial charge in [-0.05, 0) is 50.4 Å². The molecule has 7 nitrogen and oxygen atoms in total. The highest BCUT2D eigenvalue weighted by Gasteiger charge is 2.21. The molecule has 2 aliphatic heterocycles. The number of carbonyl (C=O) groups excluding carboxylic acids is 1. The maximum atomic E-state index is 12.5. The van der Waals surface area contributed by atoms with Crippen LogP contribution in [0.2, 0.25) is 0 Å². The largest absolute Gasteiger partial charge is 0.354 e. The summed E-state index contributed by atoms with van der Waals surface area (Å²) in [6, 6.07) is 5.80. The summed E-state index contributed by atoms with van der Waals surface area (Å²) >= 11 is 0. The maximum absolute atomic E-state index is 12.5. The summed E-state index contributed by atoms with van der Waals surface area (Å²) in [6.45, 7) is 9.11. The van der Waals surface area contributed by atoms with Crippen molar-refractivity contribution in [2.75, 3.05) is 57.3 Å². The number of urea groups is 1. The van der Waals surface area contributed by atoms with E-state index in [1.165, 1.54) is 12.8 Å². The van der Waals surface area contributed by atoms with Crippen molar-refractivity contribution in [3.63, 3.8) is 0 Å². The van der Waals surface area contributed by atoms with Crippen LogP contribution in [0.4, 0.5) is 10.6 Å². The number of nitrogens with zero attached hydrogens (tertiary/aromatic N) is 5. The molecular weight excluding hydrogens is 340 g/mol. The van der Waals surface area contributed by atoms with Gasteiger partial charge in [-0.1, -0.05) is 6.92 Å². The first-order valence-corrected chi connectivity index (χ1v) is 10.0. The Hall–Kier alpha value is -2.33. The van der Waals surface area contributed by atoms with Crippen molar-refractivity contribution in [2.24, 2.45) is 5.92 Å². The summed E-state index contributed by atoms with van der Waals surface area (Å²) in [7, 11) is 0. The van der Waals surface area contributed by atoms with Gasteiger partial charge in [0.05, 0.1) is 5.56 Å². The number of rotatable bonds is 4. The molecular formula is C20H30N6O. The number of anilines is 1. The quantitative estimate of drug-likeness (QED) is 0.876. The topological polar surface area (TPSA) is 75.5 Å². The SMILES string of the molecule is CC1CCN(CCNC(=O)N2CCCN(c3ncccc3C#N)CC2)CC1. The minimum atomic E-state index is 0.0174. The fourth-order valence-corrected chi connectivity index (χ4v) is 3.79. The number of piperidine rings is 1. The van der Waals surface area contributed by atoms with E-state index >= 15 is 0 Å².